The molecule has 1 heterocycles. The molecule has 0 aliphatic carbocycles. The van der Waals surface area contributed by atoms with Gasteiger partial charge in [0, 0.05) is 31.9 Å². The van der Waals surface area contributed by atoms with Crippen molar-refractivity contribution < 1.29 is 19.5 Å². The van der Waals surface area contributed by atoms with E-state index < -0.39 is 23.4 Å². The second-order valence-electron chi connectivity index (χ2n) is 10.2. The van der Waals surface area contributed by atoms with Crippen LogP contribution in [-0.2, 0) is 17.9 Å². The van der Waals surface area contributed by atoms with E-state index >= 15 is 0 Å². The van der Waals surface area contributed by atoms with Crippen LogP contribution in [0.1, 0.15) is 58.3 Å². The van der Waals surface area contributed by atoms with Crippen LogP contribution in [0.3, 0.4) is 0 Å². The maximum absolute atomic E-state index is 13.6. The number of hydrogen-bond acceptors (Lipinski definition) is 7. The number of benzene rings is 1. The van der Waals surface area contributed by atoms with Gasteiger partial charge >= 0.3 is 11.7 Å². The maximum atomic E-state index is 13.6. The molecular weight excluding hydrogens is 490 g/mol. The number of aliphatic hydroxyl groups excluding tert-OH is 1. The molecule has 0 saturated carbocycles. The summed E-state index contributed by atoms with van der Waals surface area (Å²) in [5, 5.41) is 18.0. The molecule has 2 aromatic rings. The Bertz CT molecular complexity index is 1230. The summed E-state index contributed by atoms with van der Waals surface area (Å²) in [7, 11) is 4.74. The van der Waals surface area contributed by atoms with Crippen LogP contribution in [-0.4, -0.2) is 64.2 Å². The Labute approximate surface area is 223 Å². The highest BCUT2D eigenvalue weighted by Crippen LogP contribution is 2.25. The number of carbonyl (C=O) groups excluding carboxylic acids is 1. The summed E-state index contributed by atoms with van der Waals surface area (Å²) < 4.78 is 7.72. The summed E-state index contributed by atoms with van der Waals surface area (Å²) in [6.07, 6.45) is 0.634. The molecule has 1 aromatic heterocycles. The van der Waals surface area contributed by atoms with Crippen molar-refractivity contribution in [3.05, 3.63) is 62.4 Å². The van der Waals surface area contributed by atoms with Crippen LogP contribution in [0.4, 0.5) is 4.79 Å². The van der Waals surface area contributed by atoms with Crippen molar-refractivity contribution in [1.29, 1.82) is 0 Å². The van der Waals surface area contributed by atoms with Crippen molar-refractivity contribution in [3.63, 3.8) is 0 Å². The molecule has 210 valence electrons. The zero-order valence-electron chi connectivity index (χ0n) is 23.6. The number of aromatic nitrogens is 2. The van der Waals surface area contributed by atoms with E-state index in [2.05, 4.69) is 10.5 Å². The summed E-state index contributed by atoms with van der Waals surface area (Å²) in [6.45, 7) is 9.05. The third-order valence-corrected chi connectivity index (χ3v) is 5.79. The van der Waals surface area contributed by atoms with E-state index in [1.54, 1.807) is 45.3 Å². The van der Waals surface area contributed by atoms with Crippen LogP contribution < -0.4 is 21.3 Å². The van der Waals surface area contributed by atoms with Gasteiger partial charge in [0.2, 0.25) is 0 Å². The predicted molar refractivity (Wildman–Crippen MR) is 147 cm³/mol. The van der Waals surface area contributed by atoms with E-state index in [1.807, 2.05) is 27.7 Å². The number of nitrogens with one attached hydrogen (secondary N) is 1. The van der Waals surface area contributed by atoms with Gasteiger partial charge in [-0.15, -0.1) is 0 Å². The van der Waals surface area contributed by atoms with Crippen LogP contribution >= 0.6 is 0 Å². The molecule has 1 aromatic carbocycles. The highest BCUT2D eigenvalue weighted by Gasteiger charge is 2.22. The number of urea groups is 1. The van der Waals surface area contributed by atoms with Gasteiger partial charge in [0.25, 0.3) is 5.56 Å². The fourth-order valence-electron chi connectivity index (χ4n) is 3.93. The Kier molecular flexibility index (Phi) is 11.1. The SMILES string of the molecule is COc1ccccc1C(O)Cn1cc(/C(C)=N/OC(C)C)c(=O)n(C[C@H](CC(C)C)NC(=O)N(C)C)c1=O. The molecule has 1 unspecified atom stereocenters. The summed E-state index contributed by atoms with van der Waals surface area (Å²) in [4.78, 5) is 46.3. The topological polar surface area (TPSA) is 127 Å². The average Bonchev–Trinajstić information content (AvgIpc) is 2.85. The van der Waals surface area contributed by atoms with Crippen LogP contribution in [0, 0.1) is 5.92 Å². The van der Waals surface area contributed by atoms with E-state index in [4.69, 9.17) is 9.57 Å². The highest BCUT2D eigenvalue weighted by molar-refractivity contribution is 5.97. The van der Waals surface area contributed by atoms with Crippen LogP contribution in [0.2, 0.25) is 0 Å². The van der Waals surface area contributed by atoms with Crippen molar-refractivity contribution >= 4 is 11.7 Å². The van der Waals surface area contributed by atoms with Gasteiger partial charge in [-0.1, -0.05) is 37.2 Å². The first-order chi connectivity index (χ1) is 17.8. The Balaban J connectivity index is 2.62. The number of rotatable bonds is 12. The van der Waals surface area contributed by atoms with Crippen molar-refractivity contribution in [2.45, 2.75) is 72.4 Å². The summed E-state index contributed by atoms with van der Waals surface area (Å²) in [5.41, 5.74) is -0.223. The van der Waals surface area contributed by atoms with Gasteiger partial charge < -0.3 is 24.9 Å². The third-order valence-electron chi connectivity index (χ3n) is 5.79. The number of nitrogens with zero attached hydrogens (tertiary/aromatic N) is 4. The third kappa shape index (κ3) is 8.20. The quantitative estimate of drug-likeness (QED) is 0.320. The number of para-hydroxylation sites is 1. The molecule has 0 aliphatic rings. The van der Waals surface area contributed by atoms with Gasteiger partial charge in [-0.2, -0.15) is 0 Å². The average molecular weight is 532 g/mol. The molecule has 0 spiro atoms. The number of oxime groups is 1. The molecule has 11 nitrogen and oxygen atoms in total. The number of amides is 2. The molecule has 2 rings (SSSR count). The van der Waals surface area contributed by atoms with Crippen LogP contribution in [0.5, 0.6) is 5.75 Å². The lowest BCUT2D eigenvalue weighted by molar-refractivity contribution is 0.0859. The van der Waals surface area contributed by atoms with Gasteiger partial charge in [0.15, 0.2) is 0 Å². The van der Waals surface area contributed by atoms with Crippen LogP contribution in [0.25, 0.3) is 0 Å². The number of aliphatic hydroxyl groups is 1. The predicted octanol–water partition coefficient (Wildman–Crippen LogP) is 2.59. The smallest absolute Gasteiger partial charge is 0.331 e. The van der Waals surface area contributed by atoms with Crippen molar-refractivity contribution in [2.24, 2.45) is 11.1 Å². The first kappa shape index (κ1) is 30.6. The van der Waals surface area contributed by atoms with Gasteiger partial charge in [0.1, 0.15) is 18.0 Å². The van der Waals surface area contributed by atoms with Crippen molar-refractivity contribution in [2.75, 3.05) is 21.2 Å². The maximum Gasteiger partial charge on any atom is 0.331 e. The van der Waals surface area contributed by atoms with Crippen molar-refractivity contribution in [1.82, 2.24) is 19.4 Å². The second-order valence-corrected chi connectivity index (χ2v) is 10.2. The van der Waals surface area contributed by atoms with Gasteiger partial charge in [0.05, 0.1) is 31.5 Å². The minimum absolute atomic E-state index is 0.0493. The lowest BCUT2D eigenvalue weighted by Crippen LogP contribution is -2.50. The molecule has 2 atom stereocenters. The zero-order chi connectivity index (χ0) is 28.6. The van der Waals surface area contributed by atoms with Gasteiger partial charge in [-0.05, 0) is 39.2 Å². The van der Waals surface area contributed by atoms with E-state index in [-0.39, 0.29) is 42.4 Å². The van der Waals surface area contributed by atoms with E-state index in [9.17, 15) is 19.5 Å². The summed E-state index contributed by atoms with van der Waals surface area (Å²) >= 11 is 0. The van der Waals surface area contributed by atoms with Gasteiger partial charge in [-0.3, -0.25) is 13.9 Å². The fraction of sp³-hybridized carbons (Fsp3) is 0.556. The minimum Gasteiger partial charge on any atom is -0.496 e. The molecule has 0 aliphatic heterocycles. The molecule has 2 amide bonds. The second kappa shape index (κ2) is 13.8. The standard InChI is InChI=1S/C27H41N5O6/c1-17(2)13-20(28-26(35)30(6)7)14-32-25(34)22(19(5)29-38-18(3)4)15-31(27(32)36)16-23(33)21-11-9-10-12-24(21)37-8/h9-12,15,17-18,20,23,33H,13-14,16H2,1-8H3,(H,28,35)/b29-19+/t20-,23?/m0/s1. The first-order valence-corrected chi connectivity index (χ1v) is 12.7. The molecular formula is C27H41N5O6. The van der Waals surface area contributed by atoms with E-state index in [1.165, 1.54) is 22.8 Å². The number of methoxy groups -OCH3 is 1. The Morgan fingerprint density at radius 2 is 1.79 bits per heavy atom. The molecule has 38 heavy (non-hydrogen) atoms. The van der Waals surface area contributed by atoms with E-state index in [0.29, 0.717) is 17.7 Å². The normalized spacial score (nSPS) is 13.4. The molecule has 0 saturated heterocycles. The zero-order valence-corrected chi connectivity index (χ0v) is 23.6. The molecule has 2 N–H and O–H groups in total. The largest absolute Gasteiger partial charge is 0.496 e. The van der Waals surface area contributed by atoms with Gasteiger partial charge in [-0.25, -0.2) is 9.59 Å². The molecule has 11 heteroatoms. The van der Waals surface area contributed by atoms with Crippen LogP contribution in [0.15, 0.2) is 45.2 Å². The number of ether oxygens (including phenoxy) is 1. The van der Waals surface area contributed by atoms with E-state index in [0.717, 1.165) is 4.57 Å². The molecule has 0 radical (unpaired) electrons. The molecule has 0 fully saturated rings. The Morgan fingerprint density at radius 1 is 1.13 bits per heavy atom. The Morgan fingerprint density at radius 3 is 2.37 bits per heavy atom. The first-order valence-electron chi connectivity index (χ1n) is 12.7. The lowest BCUT2D eigenvalue weighted by atomic mass is 10.0. The molecule has 0 bridgehead atoms. The lowest BCUT2D eigenvalue weighted by Gasteiger charge is -2.24. The fourth-order valence-corrected chi connectivity index (χ4v) is 3.93. The summed E-state index contributed by atoms with van der Waals surface area (Å²) in [6, 6.07) is 6.17. The number of carbonyl (C=O) groups is 1. The highest BCUT2D eigenvalue weighted by atomic mass is 16.6. The Hall–Kier alpha value is -3.60. The monoisotopic (exact) mass is 531 g/mol. The number of hydrogen-bond donors (Lipinski definition) is 2. The summed E-state index contributed by atoms with van der Waals surface area (Å²) in [5.74, 6) is 0.673. The minimum atomic E-state index is -1.09. The van der Waals surface area contributed by atoms with Crippen molar-refractivity contribution in [3.8, 4) is 5.75 Å².